The second-order valence-electron chi connectivity index (χ2n) is 2.58. The van der Waals surface area contributed by atoms with Crippen LogP contribution in [0.2, 0.25) is 0 Å². The van der Waals surface area contributed by atoms with E-state index < -0.39 is 10.1 Å². The molecule has 3 nitrogen and oxygen atoms in total. The van der Waals surface area contributed by atoms with Crippen molar-refractivity contribution in [1.29, 1.82) is 0 Å². The van der Waals surface area contributed by atoms with E-state index in [9.17, 15) is 8.42 Å². The standard InChI is InChI=1S/C8H6O3S2.Ag/c9-13(10,11)8-5-6-3-1-2-4-7(6)12-8;/h1-5H,(H,9,10,11);. The summed E-state index contributed by atoms with van der Waals surface area (Å²) in [6, 6.07) is 8.74. The van der Waals surface area contributed by atoms with E-state index in [4.69, 9.17) is 4.55 Å². The summed E-state index contributed by atoms with van der Waals surface area (Å²) in [6.07, 6.45) is 0. The summed E-state index contributed by atoms with van der Waals surface area (Å²) < 4.78 is 31.2. The largest absolute Gasteiger partial charge is 0.304 e. The third kappa shape index (κ3) is 2.25. The molecule has 79 valence electrons. The van der Waals surface area contributed by atoms with E-state index >= 15 is 0 Å². The van der Waals surface area contributed by atoms with Crippen LogP contribution < -0.4 is 0 Å². The molecular formula is C8H6AgO3S2. The molecule has 0 aliphatic heterocycles. The van der Waals surface area contributed by atoms with E-state index in [2.05, 4.69) is 0 Å². The van der Waals surface area contributed by atoms with Gasteiger partial charge < -0.3 is 0 Å². The smallest absolute Gasteiger partial charge is 0.281 e. The molecule has 0 aliphatic rings. The predicted molar refractivity (Wildman–Crippen MR) is 51.6 cm³/mol. The SMILES string of the molecule is O=S(=O)(O)c1cc2ccccc2s1.[Ag]. The summed E-state index contributed by atoms with van der Waals surface area (Å²) in [5.74, 6) is 0. The van der Waals surface area contributed by atoms with Crippen LogP contribution in [0.4, 0.5) is 0 Å². The molecule has 2 rings (SSSR count). The number of fused-ring (bicyclic) bond motifs is 1. The molecule has 2 aromatic rings. The van der Waals surface area contributed by atoms with Gasteiger partial charge in [0.2, 0.25) is 0 Å². The van der Waals surface area contributed by atoms with Crippen LogP contribution in [0, 0.1) is 0 Å². The van der Waals surface area contributed by atoms with Crippen molar-refractivity contribution < 1.29 is 35.4 Å². The Morgan fingerprint density at radius 1 is 1.21 bits per heavy atom. The molecule has 0 saturated heterocycles. The Labute approximate surface area is 101 Å². The van der Waals surface area contributed by atoms with Gasteiger partial charge >= 0.3 is 10.1 Å². The molecule has 0 fully saturated rings. The summed E-state index contributed by atoms with van der Waals surface area (Å²) in [5, 5.41) is 0.833. The van der Waals surface area contributed by atoms with Gasteiger partial charge in [-0.05, 0) is 17.5 Å². The molecular weight excluding hydrogens is 316 g/mol. The number of benzene rings is 1. The number of thiophene rings is 1. The second-order valence-corrected chi connectivity index (χ2v) is 5.31. The maximum Gasteiger partial charge on any atom is 0.304 e. The summed E-state index contributed by atoms with van der Waals surface area (Å²) in [4.78, 5) is 0. The molecule has 1 radical (unpaired) electrons. The molecule has 1 aromatic carbocycles. The fourth-order valence-corrected chi connectivity index (χ4v) is 2.85. The van der Waals surface area contributed by atoms with E-state index in [0.717, 1.165) is 21.4 Å². The van der Waals surface area contributed by atoms with E-state index in [1.807, 2.05) is 18.2 Å². The predicted octanol–water partition coefficient (Wildman–Crippen LogP) is 2.15. The van der Waals surface area contributed by atoms with Crippen LogP contribution in [0.15, 0.2) is 34.5 Å². The van der Waals surface area contributed by atoms with E-state index in [1.54, 1.807) is 6.07 Å². The summed E-state index contributed by atoms with van der Waals surface area (Å²) in [6.45, 7) is 0. The molecule has 0 spiro atoms. The third-order valence-corrected chi connectivity index (χ3v) is 4.08. The van der Waals surface area contributed by atoms with Gasteiger partial charge in [-0.15, -0.1) is 11.3 Å². The molecule has 1 N–H and O–H groups in total. The van der Waals surface area contributed by atoms with Crippen LogP contribution in [0.1, 0.15) is 0 Å². The molecule has 6 heteroatoms. The number of hydrogen-bond acceptors (Lipinski definition) is 3. The van der Waals surface area contributed by atoms with Crippen molar-refractivity contribution >= 4 is 31.5 Å². The van der Waals surface area contributed by atoms with Gasteiger partial charge in [-0.2, -0.15) is 8.42 Å². The monoisotopic (exact) mass is 321 g/mol. The summed E-state index contributed by atoms with van der Waals surface area (Å²) >= 11 is 1.07. The quantitative estimate of drug-likeness (QED) is 0.646. The zero-order chi connectivity index (χ0) is 9.47. The fraction of sp³-hybridized carbons (Fsp3) is 0. The maximum absolute atomic E-state index is 10.8. The van der Waals surface area contributed by atoms with Gasteiger partial charge in [0.25, 0.3) is 0 Å². The molecule has 0 bridgehead atoms. The Morgan fingerprint density at radius 2 is 1.86 bits per heavy atom. The third-order valence-electron chi connectivity index (χ3n) is 1.66. The maximum atomic E-state index is 10.8. The van der Waals surface area contributed by atoms with Crippen molar-refractivity contribution in [3.05, 3.63) is 30.3 Å². The van der Waals surface area contributed by atoms with Crippen LogP contribution in [-0.2, 0) is 32.5 Å². The van der Waals surface area contributed by atoms with Crippen LogP contribution in [0.5, 0.6) is 0 Å². The molecule has 1 heterocycles. The van der Waals surface area contributed by atoms with Gasteiger partial charge in [-0.25, -0.2) is 0 Å². The molecule has 0 atom stereocenters. The van der Waals surface area contributed by atoms with Gasteiger partial charge in [0.15, 0.2) is 0 Å². The van der Waals surface area contributed by atoms with E-state index in [-0.39, 0.29) is 26.6 Å². The molecule has 0 amide bonds. The van der Waals surface area contributed by atoms with Gasteiger partial charge in [-0.1, -0.05) is 18.2 Å². The first-order valence-electron chi connectivity index (χ1n) is 3.53. The average Bonchev–Trinajstić information content (AvgIpc) is 2.45. The molecule has 0 saturated carbocycles. The Kier molecular flexibility index (Phi) is 3.52. The first-order chi connectivity index (χ1) is 6.07. The Bertz CT molecular complexity index is 511. The Morgan fingerprint density at radius 3 is 2.43 bits per heavy atom. The minimum absolute atomic E-state index is 0. The molecule has 14 heavy (non-hydrogen) atoms. The first kappa shape index (κ1) is 11.9. The van der Waals surface area contributed by atoms with Gasteiger partial charge in [0.05, 0.1) is 0 Å². The van der Waals surface area contributed by atoms with Crippen molar-refractivity contribution in [2.45, 2.75) is 4.21 Å². The van der Waals surface area contributed by atoms with Crippen molar-refractivity contribution in [3.8, 4) is 0 Å². The zero-order valence-electron chi connectivity index (χ0n) is 6.77. The van der Waals surface area contributed by atoms with Gasteiger partial charge in [-0.3, -0.25) is 4.55 Å². The van der Waals surface area contributed by atoms with E-state index in [1.165, 1.54) is 6.07 Å². The van der Waals surface area contributed by atoms with Gasteiger partial charge in [0.1, 0.15) is 4.21 Å². The van der Waals surface area contributed by atoms with Gasteiger partial charge in [0, 0.05) is 27.1 Å². The Hall–Kier alpha value is -0.170. The van der Waals surface area contributed by atoms with Crippen molar-refractivity contribution in [2.75, 3.05) is 0 Å². The van der Waals surface area contributed by atoms with Crippen molar-refractivity contribution in [2.24, 2.45) is 0 Å². The normalized spacial score (nSPS) is 11.2. The van der Waals surface area contributed by atoms with Crippen molar-refractivity contribution in [3.63, 3.8) is 0 Å². The Balaban J connectivity index is 0.000000980. The first-order valence-corrected chi connectivity index (χ1v) is 5.79. The minimum atomic E-state index is -4.05. The number of hydrogen-bond donors (Lipinski definition) is 1. The molecule has 0 aliphatic carbocycles. The zero-order valence-corrected chi connectivity index (χ0v) is 9.88. The topological polar surface area (TPSA) is 54.4 Å². The molecule has 0 unspecified atom stereocenters. The average molecular weight is 322 g/mol. The number of rotatable bonds is 1. The van der Waals surface area contributed by atoms with E-state index in [0.29, 0.717) is 0 Å². The minimum Gasteiger partial charge on any atom is -0.281 e. The van der Waals surface area contributed by atoms with Crippen LogP contribution in [0.25, 0.3) is 10.1 Å². The van der Waals surface area contributed by atoms with Crippen LogP contribution >= 0.6 is 11.3 Å². The van der Waals surface area contributed by atoms with Crippen LogP contribution in [-0.4, -0.2) is 13.0 Å². The second kappa shape index (κ2) is 4.14. The van der Waals surface area contributed by atoms with Crippen molar-refractivity contribution in [1.82, 2.24) is 0 Å². The summed E-state index contributed by atoms with van der Waals surface area (Å²) in [7, 11) is -4.05. The fourth-order valence-electron chi connectivity index (χ4n) is 1.08. The molecule has 1 aromatic heterocycles. The van der Waals surface area contributed by atoms with Crippen LogP contribution in [0.3, 0.4) is 0 Å². The summed E-state index contributed by atoms with van der Waals surface area (Å²) in [5.41, 5.74) is 0.